The minimum absolute atomic E-state index is 0.00223. The summed E-state index contributed by atoms with van der Waals surface area (Å²) >= 11 is 2.93. The zero-order valence-corrected chi connectivity index (χ0v) is 18.0. The number of nitrogens with zero attached hydrogens (tertiary/aromatic N) is 2. The Morgan fingerprint density at radius 1 is 1.03 bits per heavy atom. The van der Waals surface area contributed by atoms with Gasteiger partial charge in [0.2, 0.25) is 0 Å². The molecule has 3 nitrogen and oxygen atoms in total. The maximum absolute atomic E-state index is 13.1. The van der Waals surface area contributed by atoms with Crippen molar-refractivity contribution in [1.82, 2.24) is 4.98 Å². The van der Waals surface area contributed by atoms with Crippen LogP contribution in [0.25, 0.3) is 26.9 Å². The maximum Gasteiger partial charge on any atom is 0.168 e. The number of hydrogen-bond acceptors (Lipinski definition) is 5. The smallest absolute Gasteiger partial charge is 0.168 e. The van der Waals surface area contributed by atoms with Crippen molar-refractivity contribution >= 4 is 45.2 Å². The number of rotatable bonds is 6. The summed E-state index contributed by atoms with van der Waals surface area (Å²) in [6.45, 7) is 0. The van der Waals surface area contributed by atoms with Crippen LogP contribution in [0.4, 0.5) is 0 Å². The van der Waals surface area contributed by atoms with E-state index in [2.05, 4.69) is 11.1 Å². The van der Waals surface area contributed by atoms with Crippen LogP contribution in [0.5, 0.6) is 0 Å². The number of fused-ring (bicyclic) bond motifs is 1. The first kappa shape index (κ1) is 20.1. The first-order valence-corrected chi connectivity index (χ1v) is 11.5. The van der Waals surface area contributed by atoms with Gasteiger partial charge in [-0.2, -0.15) is 5.26 Å². The molecular formula is C25H18N2OS2. The topological polar surface area (TPSA) is 53.8 Å². The molecule has 1 heterocycles. The molecule has 0 atom stereocenters. The summed E-state index contributed by atoms with van der Waals surface area (Å²) in [6.07, 6.45) is 2.07. The van der Waals surface area contributed by atoms with Crippen molar-refractivity contribution in [2.45, 2.75) is 6.42 Å². The van der Waals surface area contributed by atoms with Crippen LogP contribution in [0.1, 0.15) is 22.5 Å². The van der Waals surface area contributed by atoms with Crippen LogP contribution in [0, 0.1) is 11.3 Å². The maximum atomic E-state index is 13.1. The zero-order chi connectivity index (χ0) is 20.9. The van der Waals surface area contributed by atoms with Crippen molar-refractivity contribution < 1.29 is 4.79 Å². The number of thioether (sulfide) groups is 1. The fourth-order valence-electron chi connectivity index (χ4n) is 3.34. The average molecular weight is 427 g/mol. The van der Waals surface area contributed by atoms with Crippen LogP contribution < -0.4 is 0 Å². The highest BCUT2D eigenvalue weighted by molar-refractivity contribution is 8.02. The van der Waals surface area contributed by atoms with Gasteiger partial charge < -0.3 is 0 Å². The molecule has 0 aliphatic heterocycles. The van der Waals surface area contributed by atoms with Crippen LogP contribution in [0.3, 0.4) is 0 Å². The number of ketones is 1. The number of Topliss-reactive ketones (excluding diaryl/α,β-unsaturated/α-hetero) is 1. The van der Waals surface area contributed by atoms with Crippen LogP contribution in [0.2, 0.25) is 0 Å². The Kier molecular flexibility index (Phi) is 6.08. The van der Waals surface area contributed by atoms with Gasteiger partial charge in [0.05, 0.1) is 11.3 Å². The predicted molar refractivity (Wildman–Crippen MR) is 126 cm³/mol. The Hall–Kier alpha value is -3.20. The summed E-state index contributed by atoms with van der Waals surface area (Å²) < 4.78 is 0. The van der Waals surface area contributed by atoms with Gasteiger partial charge in [-0.15, -0.1) is 23.1 Å². The molecular weight excluding hydrogens is 408 g/mol. The van der Waals surface area contributed by atoms with Gasteiger partial charge in [-0.3, -0.25) is 4.79 Å². The molecule has 4 aromatic rings. The second kappa shape index (κ2) is 9.08. The SMILES string of the molecule is CS/C(CC(=O)c1cccc2ccccc12)=C(\C#N)c1csc(-c2ccccc2)n1. The number of carbonyl (C=O) groups is 1. The second-order valence-electron chi connectivity index (χ2n) is 6.64. The van der Waals surface area contributed by atoms with E-state index in [0.29, 0.717) is 16.8 Å². The minimum Gasteiger partial charge on any atom is -0.294 e. The number of allylic oxidation sites excluding steroid dienone is 2. The number of hydrogen-bond donors (Lipinski definition) is 0. The first-order chi connectivity index (χ1) is 14.7. The molecule has 146 valence electrons. The van der Waals surface area contributed by atoms with Gasteiger partial charge in [-0.1, -0.05) is 72.8 Å². The van der Waals surface area contributed by atoms with Gasteiger partial charge in [0.1, 0.15) is 11.1 Å². The van der Waals surface area contributed by atoms with Crippen molar-refractivity contribution in [3.05, 3.63) is 94.3 Å². The number of carbonyl (C=O) groups excluding carboxylic acids is 1. The minimum atomic E-state index is 0.00223. The van der Waals surface area contributed by atoms with Gasteiger partial charge in [0.15, 0.2) is 5.78 Å². The Balaban J connectivity index is 1.68. The normalized spacial score (nSPS) is 11.7. The molecule has 0 unspecified atom stereocenters. The van der Waals surface area contributed by atoms with E-state index in [1.807, 2.05) is 84.4 Å². The molecule has 0 N–H and O–H groups in total. The van der Waals surface area contributed by atoms with E-state index in [0.717, 1.165) is 26.2 Å². The summed E-state index contributed by atoms with van der Waals surface area (Å²) in [5.74, 6) is 0.00223. The van der Waals surface area contributed by atoms with E-state index in [9.17, 15) is 10.1 Å². The molecule has 0 bridgehead atoms. The van der Waals surface area contributed by atoms with Crippen molar-refractivity contribution in [3.8, 4) is 16.6 Å². The lowest BCUT2D eigenvalue weighted by molar-refractivity contribution is 0.0996. The molecule has 0 aliphatic rings. The highest BCUT2D eigenvalue weighted by Gasteiger charge is 2.18. The summed E-state index contributed by atoms with van der Waals surface area (Å²) in [5.41, 5.74) is 2.79. The van der Waals surface area contributed by atoms with Crippen LogP contribution in [-0.2, 0) is 0 Å². The summed E-state index contributed by atoms with van der Waals surface area (Å²) in [6, 6.07) is 25.8. The summed E-state index contributed by atoms with van der Waals surface area (Å²) in [5, 5.41) is 14.6. The van der Waals surface area contributed by atoms with Gasteiger partial charge >= 0.3 is 0 Å². The van der Waals surface area contributed by atoms with E-state index < -0.39 is 0 Å². The molecule has 0 fully saturated rings. The lowest BCUT2D eigenvalue weighted by Crippen LogP contribution is -2.02. The van der Waals surface area contributed by atoms with Gasteiger partial charge in [0.25, 0.3) is 0 Å². The Morgan fingerprint density at radius 2 is 1.77 bits per heavy atom. The Bertz CT molecular complexity index is 1280. The van der Waals surface area contributed by atoms with Crippen LogP contribution in [-0.4, -0.2) is 17.0 Å². The lowest BCUT2D eigenvalue weighted by atomic mass is 9.99. The molecule has 0 saturated heterocycles. The lowest BCUT2D eigenvalue weighted by Gasteiger charge is -2.09. The standard InChI is InChI=1S/C25H18N2OS2/c1-29-24(14-23(28)20-13-7-11-17-8-5-6-12-19(17)20)21(15-26)22-16-30-25(27-22)18-9-3-2-4-10-18/h2-13,16H,14H2,1H3/b24-21+. The molecule has 3 aromatic carbocycles. The monoisotopic (exact) mass is 426 g/mol. The van der Waals surface area contributed by atoms with Crippen molar-refractivity contribution in [2.24, 2.45) is 0 Å². The highest BCUT2D eigenvalue weighted by atomic mass is 32.2. The molecule has 0 radical (unpaired) electrons. The third kappa shape index (κ3) is 4.06. The number of nitriles is 1. The molecule has 30 heavy (non-hydrogen) atoms. The fourth-order valence-corrected chi connectivity index (χ4v) is 4.78. The largest absolute Gasteiger partial charge is 0.294 e. The zero-order valence-electron chi connectivity index (χ0n) is 16.3. The van der Waals surface area contributed by atoms with Crippen LogP contribution >= 0.6 is 23.1 Å². The molecule has 4 rings (SSSR count). The first-order valence-electron chi connectivity index (χ1n) is 9.40. The average Bonchev–Trinajstić information content (AvgIpc) is 3.29. The molecule has 0 spiro atoms. The highest BCUT2D eigenvalue weighted by Crippen LogP contribution is 2.33. The number of thiazole rings is 1. The molecule has 1 aromatic heterocycles. The van der Waals surface area contributed by atoms with Crippen molar-refractivity contribution in [1.29, 1.82) is 5.26 Å². The number of benzene rings is 3. The predicted octanol–water partition coefficient (Wildman–Crippen LogP) is 6.83. The van der Waals surface area contributed by atoms with Gasteiger partial charge in [-0.05, 0) is 17.0 Å². The third-order valence-corrected chi connectivity index (χ3v) is 6.56. The quantitative estimate of drug-likeness (QED) is 0.250. The van der Waals surface area contributed by atoms with E-state index >= 15 is 0 Å². The van der Waals surface area contributed by atoms with E-state index in [4.69, 9.17) is 0 Å². The van der Waals surface area contributed by atoms with E-state index in [-0.39, 0.29) is 12.2 Å². The molecule has 0 amide bonds. The molecule has 0 saturated carbocycles. The van der Waals surface area contributed by atoms with Gasteiger partial charge in [-0.25, -0.2) is 4.98 Å². The summed E-state index contributed by atoms with van der Waals surface area (Å²) in [4.78, 5) is 18.5. The van der Waals surface area contributed by atoms with Crippen LogP contribution in [0.15, 0.2) is 83.1 Å². The third-order valence-electron chi connectivity index (χ3n) is 4.83. The molecule has 5 heteroatoms. The van der Waals surface area contributed by atoms with Crippen molar-refractivity contribution in [3.63, 3.8) is 0 Å². The van der Waals surface area contributed by atoms with Gasteiger partial charge in [0, 0.05) is 27.8 Å². The van der Waals surface area contributed by atoms with Crippen molar-refractivity contribution in [2.75, 3.05) is 6.26 Å². The Labute approximate surface area is 183 Å². The number of aromatic nitrogens is 1. The fraction of sp³-hybridized carbons (Fsp3) is 0.0800. The molecule has 0 aliphatic carbocycles. The van der Waals surface area contributed by atoms with E-state index in [1.165, 1.54) is 23.1 Å². The summed E-state index contributed by atoms with van der Waals surface area (Å²) in [7, 11) is 0. The van der Waals surface area contributed by atoms with E-state index in [1.54, 1.807) is 0 Å². The second-order valence-corrected chi connectivity index (χ2v) is 8.40. The Morgan fingerprint density at radius 3 is 2.53 bits per heavy atom.